The largest absolute Gasteiger partial charge is 0.381 e. The molecule has 0 saturated carbocycles. The maximum absolute atomic E-state index is 13.1. The van der Waals surface area contributed by atoms with Crippen LogP contribution in [0.2, 0.25) is 0 Å². The van der Waals surface area contributed by atoms with Gasteiger partial charge in [-0.1, -0.05) is 6.07 Å². The van der Waals surface area contributed by atoms with Gasteiger partial charge in [0.25, 0.3) is 5.91 Å². The van der Waals surface area contributed by atoms with Gasteiger partial charge in [0.2, 0.25) is 5.91 Å². The number of benzene rings is 2. The Morgan fingerprint density at radius 3 is 2.70 bits per heavy atom. The molecular weight excluding hydrogens is 347 g/mol. The summed E-state index contributed by atoms with van der Waals surface area (Å²) in [5.74, 6) is -0.673. The summed E-state index contributed by atoms with van der Waals surface area (Å²) in [4.78, 5) is 27.2. The second kappa shape index (κ2) is 7.48. The number of nitrogens with one attached hydrogen (secondary N) is 1. The summed E-state index contributed by atoms with van der Waals surface area (Å²) in [5, 5.41) is 2.91. The predicted molar refractivity (Wildman–Crippen MR) is 100 cm³/mol. The van der Waals surface area contributed by atoms with Gasteiger partial charge in [-0.05, 0) is 61.2 Å². The standard InChI is InChI=1S/C21H21FN2O3/c22-16-8-6-14(7-9-16)20(25)23-18-4-1-5-19-17(18)3-2-11-24(19)21(26)15-10-12-27-13-15/h1,4-9,15H,2-3,10-13H2,(H,23,25)/t15-/m0/s1. The van der Waals surface area contributed by atoms with Crippen LogP contribution in [0.1, 0.15) is 28.8 Å². The van der Waals surface area contributed by atoms with Crippen molar-refractivity contribution in [1.82, 2.24) is 0 Å². The Kier molecular flexibility index (Phi) is 4.90. The third-order valence-corrected chi connectivity index (χ3v) is 5.15. The molecule has 140 valence electrons. The van der Waals surface area contributed by atoms with E-state index in [0.717, 1.165) is 30.5 Å². The van der Waals surface area contributed by atoms with Crippen LogP contribution in [0.4, 0.5) is 15.8 Å². The fourth-order valence-corrected chi connectivity index (χ4v) is 3.72. The third kappa shape index (κ3) is 3.57. The van der Waals surface area contributed by atoms with E-state index in [-0.39, 0.29) is 23.5 Å². The number of anilines is 2. The number of carbonyl (C=O) groups is 2. The van der Waals surface area contributed by atoms with Crippen LogP contribution in [0.5, 0.6) is 0 Å². The summed E-state index contributed by atoms with van der Waals surface area (Å²) in [6, 6.07) is 11.0. The normalized spacial score (nSPS) is 18.9. The van der Waals surface area contributed by atoms with Crippen molar-refractivity contribution < 1.29 is 18.7 Å². The lowest BCUT2D eigenvalue weighted by atomic mass is 9.97. The number of rotatable bonds is 3. The average Bonchev–Trinajstić information content (AvgIpc) is 3.22. The molecule has 1 fully saturated rings. The molecule has 0 aliphatic carbocycles. The molecule has 1 atom stereocenters. The van der Waals surface area contributed by atoms with E-state index in [0.29, 0.717) is 31.0 Å². The van der Waals surface area contributed by atoms with Gasteiger partial charge in [-0.2, -0.15) is 0 Å². The molecule has 0 radical (unpaired) electrons. The molecule has 2 heterocycles. The van der Waals surface area contributed by atoms with Gasteiger partial charge in [0.05, 0.1) is 12.5 Å². The van der Waals surface area contributed by atoms with Gasteiger partial charge in [-0.3, -0.25) is 9.59 Å². The van der Waals surface area contributed by atoms with Crippen molar-refractivity contribution in [2.75, 3.05) is 30.0 Å². The molecule has 2 aliphatic heterocycles. The first kappa shape index (κ1) is 17.7. The fraction of sp³-hybridized carbons (Fsp3) is 0.333. The first-order valence-electron chi connectivity index (χ1n) is 9.21. The number of amides is 2. The Morgan fingerprint density at radius 1 is 1.15 bits per heavy atom. The van der Waals surface area contributed by atoms with Crippen molar-refractivity contribution in [3.63, 3.8) is 0 Å². The van der Waals surface area contributed by atoms with Gasteiger partial charge in [0, 0.05) is 30.1 Å². The summed E-state index contributed by atoms with van der Waals surface area (Å²) in [6.45, 7) is 1.79. The Bertz CT molecular complexity index is 860. The Labute approximate surface area is 157 Å². The van der Waals surface area contributed by atoms with Crippen LogP contribution >= 0.6 is 0 Å². The van der Waals surface area contributed by atoms with E-state index < -0.39 is 0 Å². The minimum absolute atomic E-state index is 0.0894. The molecule has 0 spiro atoms. The quantitative estimate of drug-likeness (QED) is 0.903. The molecule has 2 aromatic rings. The third-order valence-electron chi connectivity index (χ3n) is 5.15. The minimum atomic E-state index is -0.381. The molecule has 0 aromatic heterocycles. The highest BCUT2D eigenvalue weighted by atomic mass is 19.1. The zero-order valence-corrected chi connectivity index (χ0v) is 14.9. The Morgan fingerprint density at radius 2 is 1.96 bits per heavy atom. The van der Waals surface area contributed by atoms with E-state index >= 15 is 0 Å². The van der Waals surface area contributed by atoms with Crippen LogP contribution in [0.25, 0.3) is 0 Å². The molecule has 27 heavy (non-hydrogen) atoms. The van der Waals surface area contributed by atoms with Crippen LogP contribution in [0.3, 0.4) is 0 Å². The molecule has 2 aliphatic rings. The summed E-state index contributed by atoms with van der Waals surface area (Å²) < 4.78 is 18.4. The molecule has 2 aromatic carbocycles. The molecule has 1 saturated heterocycles. The van der Waals surface area contributed by atoms with E-state index in [2.05, 4.69) is 5.32 Å². The summed E-state index contributed by atoms with van der Waals surface area (Å²) in [5.41, 5.74) is 2.91. The number of hydrogen-bond donors (Lipinski definition) is 1. The topological polar surface area (TPSA) is 58.6 Å². The second-order valence-corrected chi connectivity index (χ2v) is 6.92. The number of nitrogens with zero attached hydrogens (tertiary/aromatic N) is 1. The molecule has 4 rings (SSSR count). The smallest absolute Gasteiger partial charge is 0.255 e. The van der Waals surface area contributed by atoms with E-state index in [9.17, 15) is 14.0 Å². The summed E-state index contributed by atoms with van der Waals surface area (Å²) >= 11 is 0. The van der Waals surface area contributed by atoms with Crippen molar-refractivity contribution >= 4 is 23.2 Å². The SMILES string of the molecule is O=C(Nc1cccc2c1CCCN2C(=O)[C@H]1CCOC1)c1ccc(F)cc1. The maximum Gasteiger partial charge on any atom is 0.255 e. The van der Waals surface area contributed by atoms with Crippen LogP contribution in [-0.2, 0) is 16.0 Å². The zero-order chi connectivity index (χ0) is 18.8. The lowest BCUT2D eigenvalue weighted by Crippen LogP contribution is -2.40. The highest BCUT2D eigenvalue weighted by Crippen LogP contribution is 2.34. The molecular formula is C21H21FN2O3. The van der Waals surface area contributed by atoms with E-state index in [4.69, 9.17) is 4.74 Å². The van der Waals surface area contributed by atoms with Gasteiger partial charge in [0.15, 0.2) is 0 Å². The fourth-order valence-electron chi connectivity index (χ4n) is 3.72. The summed E-state index contributed by atoms with van der Waals surface area (Å²) in [7, 11) is 0. The molecule has 1 N–H and O–H groups in total. The van der Waals surface area contributed by atoms with Crippen molar-refractivity contribution in [2.24, 2.45) is 5.92 Å². The van der Waals surface area contributed by atoms with Gasteiger partial charge in [-0.25, -0.2) is 4.39 Å². The van der Waals surface area contributed by atoms with Crippen molar-refractivity contribution in [3.05, 3.63) is 59.4 Å². The van der Waals surface area contributed by atoms with Crippen LogP contribution in [0.15, 0.2) is 42.5 Å². The summed E-state index contributed by atoms with van der Waals surface area (Å²) in [6.07, 6.45) is 2.39. The van der Waals surface area contributed by atoms with Gasteiger partial charge in [-0.15, -0.1) is 0 Å². The maximum atomic E-state index is 13.1. The minimum Gasteiger partial charge on any atom is -0.381 e. The molecule has 5 nitrogen and oxygen atoms in total. The number of fused-ring (bicyclic) bond motifs is 1. The predicted octanol–water partition coefficient (Wildman–Crippen LogP) is 3.39. The molecule has 2 amide bonds. The monoisotopic (exact) mass is 368 g/mol. The molecule has 0 bridgehead atoms. The van der Waals surface area contributed by atoms with E-state index in [1.165, 1.54) is 24.3 Å². The Hall–Kier alpha value is -2.73. The Balaban J connectivity index is 1.58. The average molecular weight is 368 g/mol. The number of halogens is 1. The number of carbonyl (C=O) groups excluding carboxylic acids is 2. The first-order chi connectivity index (χ1) is 13.1. The van der Waals surface area contributed by atoms with Gasteiger partial charge < -0.3 is 15.0 Å². The van der Waals surface area contributed by atoms with Gasteiger partial charge in [0.1, 0.15) is 5.82 Å². The van der Waals surface area contributed by atoms with E-state index in [1.807, 2.05) is 23.1 Å². The van der Waals surface area contributed by atoms with Gasteiger partial charge >= 0.3 is 0 Å². The number of hydrogen-bond acceptors (Lipinski definition) is 3. The lowest BCUT2D eigenvalue weighted by molar-refractivity contribution is -0.122. The van der Waals surface area contributed by atoms with Crippen LogP contribution < -0.4 is 10.2 Å². The van der Waals surface area contributed by atoms with Crippen LogP contribution in [-0.4, -0.2) is 31.6 Å². The second-order valence-electron chi connectivity index (χ2n) is 6.92. The van der Waals surface area contributed by atoms with Crippen molar-refractivity contribution in [2.45, 2.75) is 19.3 Å². The van der Waals surface area contributed by atoms with Crippen LogP contribution in [0, 0.1) is 11.7 Å². The zero-order valence-electron chi connectivity index (χ0n) is 14.9. The van der Waals surface area contributed by atoms with E-state index in [1.54, 1.807) is 0 Å². The molecule has 6 heteroatoms. The highest BCUT2D eigenvalue weighted by Gasteiger charge is 2.32. The van der Waals surface area contributed by atoms with Crippen molar-refractivity contribution in [3.8, 4) is 0 Å². The highest BCUT2D eigenvalue weighted by molar-refractivity contribution is 6.05. The first-order valence-corrected chi connectivity index (χ1v) is 9.21. The number of ether oxygens (including phenoxy) is 1. The lowest BCUT2D eigenvalue weighted by Gasteiger charge is -2.32. The van der Waals surface area contributed by atoms with Crippen molar-refractivity contribution in [1.29, 1.82) is 0 Å². The molecule has 0 unspecified atom stereocenters.